The largest absolute Gasteiger partial charge is 0.380 e. The van der Waals surface area contributed by atoms with Crippen LogP contribution >= 0.6 is 0 Å². The highest BCUT2D eigenvalue weighted by Gasteiger charge is 2.24. The van der Waals surface area contributed by atoms with Crippen LogP contribution in [0.5, 0.6) is 0 Å². The van der Waals surface area contributed by atoms with Gasteiger partial charge in [-0.15, -0.1) is 20.4 Å². The average molecular weight is 943 g/mol. The second-order valence-corrected chi connectivity index (χ2v) is 18.2. The first-order valence-corrected chi connectivity index (χ1v) is 24.2. The number of nitrogens with one attached hydrogen (secondary N) is 2. The normalized spacial score (nSPS) is 15.3. The summed E-state index contributed by atoms with van der Waals surface area (Å²) < 4.78 is 32.1. The van der Waals surface area contributed by atoms with Crippen molar-refractivity contribution in [1.82, 2.24) is 68.2 Å². The lowest BCUT2D eigenvalue weighted by Gasteiger charge is -2.27. The Morgan fingerprint density at radius 3 is 1.72 bits per heavy atom. The predicted octanol–water partition coefficient (Wildman–Crippen LogP) is 5.08. The zero-order valence-corrected chi connectivity index (χ0v) is 40.6. The molecule has 8 aromatic heterocycles. The van der Waals surface area contributed by atoms with Crippen molar-refractivity contribution in [2.75, 3.05) is 92.9 Å². The zero-order valence-electron chi connectivity index (χ0n) is 40.6. The van der Waals surface area contributed by atoms with E-state index in [2.05, 4.69) is 91.6 Å². The molecule has 0 aromatic carbocycles. The third-order valence-electron chi connectivity index (χ3n) is 12.4. The van der Waals surface area contributed by atoms with E-state index < -0.39 is 0 Å². The highest BCUT2D eigenvalue weighted by molar-refractivity contribution is 5.83. The van der Waals surface area contributed by atoms with Gasteiger partial charge in [0.15, 0.2) is 23.3 Å². The number of fused-ring (bicyclic) bond motifs is 4. The van der Waals surface area contributed by atoms with Crippen molar-refractivity contribution in [1.29, 1.82) is 0 Å². The fraction of sp³-hybridized carbons (Fsp3) is 0.532. The molecule has 22 nitrogen and oxygen atoms in total. The van der Waals surface area contributed by atoms with Crippen LogP contribution in [0.1, 0.15) is 59.6 Å². The Labute approximate surface area is 399 Å². The Morgan fingerprint density at radius 1 is 0.652 bits per heavy atom. The lowest BCUT2D eigenvalue weighted by atomic mass is 10.2. The third kappa shape index (κ3) is 9.70. The first-order valence-electron chi connectivity index (χ1n) is 24.2. The molecule has 0 amide bonds. The van der Waals surface area contributed by atoms with Crippen LogP contribution < -0.4 is 20.4 Å². The summed E-state index contributed by atoms with van der Waals surface area (Å²) in [6.45, 7) is 22.8. The lowest BCUT2D eigenvalue weighted by Crippen LogP contribution is -2.36. The maximum atomic E-state index is 6.61. The number of aromatic nitrogens is 14. The monoisotopic (exact) mass is 943 g/mol. The molecule has 0 spiro atoms. The van der Waals surface area contributed by atoms with Crippen LogP contribution in [0.4, 0.5) is 23.3 Å². The van der Waals surface area contributed by atoms with Crippen LogP contribution in [0.2, 0.25) is 0 Å². The van der Waals surface area contributed by atoms with Crippen LogP contribution in [0.25, 0.3) is 56.4 Å². The molecular formula is C47H62N18O4. The molecule has 2 fully saturated rings. The van der Waals surface area contributed by atoms with Crippen molar-refractivity contribution in [3.8, 4) is 23.0 Å². The number of rotatable bonds is 19. The van der Waals surface area contributed by atoms with Crippen molar-refractivity contribution in [3.63, 3.8) is 0 Å². The smallest absolute Gasteiger partial charge is 0.203 e. The van der Waals surface area contributed by atoms with E-state index in [9.17, 15) is 0 Å². The van der Waals surface area contributed by atoms with Gasteiger partial charge >= 0.3 is 0 Å². The van der Waals surface area contributed by atoms with Crippen LogP contribution in [0.3, 0.4) is 0 Å². The molecule has 10 rings (SSSR count). The van der Waals surface area contributed by atoms with Gasteiger partial charge in [0.25, 0.3) is 0 Å². The standard InChI is InChI=1S/C47H62N18O4/c1-8-66-21-15-62-37-23-40(60-11-17-67-18-12-60)48-25-33(37)55-45(62)36-28-65-39(57-59-47(65)43(53-36)51-30(4)5)10-9-31(6)69-22-16-63-38-24-41(61-13-19-68-20-14-61)49-26-34(38)54-44(63)35-27-64-32(7)56-58-46(64)42(52-35)50-29(2)3/h23-31H,8-22H2,1-7H3,(H,50,52)(H,51,53). The number of imidazole rings is 2. The molecule has 69 heavy (non-hydrogen) atoms. The van der Waals surface area contributed by atoms with Gasteiger partial charge < -0.3 is 48.5 Å². The first-order chi connectivity index (χ1) is 33.6. The summed E-state index contributed by atoms with van der Waals surface area (Å²) in [6, 6.07) is 4.46. The maximum Gasteiger partial charge on any atom is 0.203 e. The van der Waals surface area contributed by atoms with Crippen LogP contribution in [-0.2, 0) is 38.5 Å². The van der Waals surface area contributed by atoms with E-state index in [1.54, 1.807) is 0 Å². The molecule has 2 saturated heterocycles. The number of morpholine rings is 2. The maximum absolute atomic E-state index is 6.61. The molecule has 2 aliphatic rings. The van der Waals surface area contributed by atoms with E-state index in [0.29, 0.717) is 118 Å². The van der Waals surface area contributed by atoms with Crippen molar-refractivity contribution in [2.45, 2.75) is 92.6 Å². The summed E-state index contributed by atoms with van der Waals surface area (Å²) in [5.41, 5.74) is 6.16. The van der Waals surface area contributed by atoms with Crippen molar-refractivity contribution in [2.24, 2.45) is 0 Å². The molecule has 0 aliphatic carbocycles. The van der Waals surface area contributed by atoms with Crippen molar-refractivity contribution in [3.05, 3.63) is 48.6 Å². The van der Waals surface area contributed by atoms with Gasteiger partial charge in [-0.25, -0.2) is 29.9 Å². The second-order valence-electron chi connectivity index (χ2n) is 18.2. The van der Waals surface area contributed by atoms with Gasteiger partial charge in [-0.05, 0) is 54.9 Å². The molecular weight excluding hydrogens is 881 g/mol. The molecule has 364 valence electrons. The number of nitrogens with zero attached hydrogens (tertiary/aromatic N) is 16. The van der Waals surface area contributed by atoms with Gasteiger partial charge in [-0.3, -0.25) is 8.80 Å². The topological polar surface area (TPSA) is 215 Å². The lowest BCUT2D eigenvalue weighted by molar-refractivity contribution is 0.0553. The molecule has 22 heteroatoms. The first kappa shape index (κ1) is 46.1. The molecule has 1 atom stereocenters. The summed E-state index contributed by atoms with van der Waals surface area (Å²) in [6.07, 6.45) is 8.86. The highest BCUT2D eigenvalue weighted by atomic mass is 16.5. The van der Waals surface area contributed by atoms with Crippen molar-refractivity contribution < 1.29 is 18.9 Å². The van der Waals surface area contributed by atoms with E-state index in [4.69, 9.17) is 54.0 Å². The predicted molar refractivity (Wildman–Crippen MR) is 263 cm³/mol. The number of aryl methyl sites for hydroxylation is 2. The number of hydrogen-bond acceptors (Lipinski definition) is 18. The molecule has 0 bridgehead atoms. The Balaban J connectivity index is 0.918. The highest BCUT2D eigenvalue weighted by Crippen LogP contribution is 2.31. The minimum absolute atomic E-state index is 0.0991. The van der Waals surface area contributed by atoms with E-state index in [-0.39, 0.29) is 18.2 Å². The summed E-state index contributed by atoms with van der Waals surface area (Å²) in [7, 11) is 0. The third-order valence-corrected chi connectivity index (χ3v) is 12.4. The van der Waals surface area contributed by atoms with Crippen LogP contribution in [0.15, 0.2) is 36.9 Å². The van der Waals surface area contributed by atoms with Crippen molar-refractivity contribution >= 4 is 56.6 Å². The number of anilines is 4. The average Bonchev–Trinajstić information content (AvgIpc) is 4.14. The fourth-order valence-corrected chi connectivity index (χ4v) is 8.95. The zero-order chi connectivity index (χ0) is 47.6. The minimum atomic E-state index is -0.109. The summed E-state index contributed by atoms with van der Waals surface area (Å²) >= 11 is 0. The van der Waals surface area contributed by atoms with E-state index in [1.165, 1.54) is 0 Å². The van der Waals surface area contributed by atoms with Gasteiger partial charge in [-0.2, -0.15) is 0 Å². The Kier molecular flexibility index (Phi) is 13.5. The molecule has 0 saturated carbocycles. The fourth-order valence-electron chi connectivity index (χ4n) is 8.95. The molecule has 2 aliphatic heterocycles. The quantitative estimate of drug-likeness (QED) is 0.101. The molecule has 10 heterocycles. The molecule has 2 N–H and O–H groups in total. The number of pyridine rings is 2. The van der Waals surface area contributed by atoms with Crippen LogP contribution in [-0.4, -0.2) is 159 Å². The summed E-state index contributed by atoms with van der Waals surface area (Å²) in [5.74, 6) is 6.04. The van der Waals surface area contributed by atoms with E-state index in [1.807, 2.05) is 47.4 Å². The van der Waals surface area contributed by atoms with Crippen LogP contribution in [0, 0.1) is 6.92 Å². The second kappa shape index (κ2) is 20.2. The minimum Gasteiger partial charge on any atom is -0.380 e. The molecule has 1 unspecified atom stereocenters. The summed E-state index contributed by atoms with van der Waals surface area (Å²) in [5, 5.41) is 25.1. The van der Waals surface area contributed by atoms with Gasteiger partial charge in [0, 0.05) is 88.9 Å². The molecule has 0 radical (unpaired) electrons. The Hall–Kier alpha value is -6.62. The van der Waals surface area contributed by atoms with E-state index in [0.717, 1.165) is 71.5 Å². The van der Waals surface area contributed by atoms with E-state index >= 15 is 0 Å². The summed E-state index contributed by atoms with van der Waals surface area (Å²) in [4.78, 5) is 34.6. The number of ether oxygens (including phenoxy) is 4. The number of hydrogen-bond donors (Lipinski definition) is 2. The Morgan fingerprint density at radius 2 is 1.17 bits per heavy atom. The van der Waals surface area contributed by atoms with Gasteiger partial charge in [-0.1, -0.05) is 0 Å². The van der Waals surface area contributed by atoms with Gasteiger partial charge in [0.2, 0.25) is 11.3 Å². The van der Waals surface area contributed by atoms with Gasteiger partial charge in [0.05, 0.1) is 69.2 Å². The SMILES string of the molecule is CCOCCn1c(-c2cn3c(CCC(C)OCCn4c(-c5cn6c(C)nnc6c(NC(C)C)n5)nc5cnc(N6CCOCC6)cc54)nnc3c(NC(C)C)n2)nc2cnc(N3CCOCC3)cc21. The molecule has 8 aromatic rings. The Bertz CT molecular complexity index is 3050. The van der Waals surface area contributed by atoms with Gasteiger partial charge in [0.1, 0.15) is 45.7 Å².